The second-order valence-corrected chi connectivity index (χ2v) is 8.34. The number of hydrazine groups is 1. The van der Waals surface area contributed by atoms with Crippen LogP contribution in [0.2, 0.25) is 0 Å². The Morgan fingerprint density at radius 3 is 2.72 bits per heavy atom. The van der Waals surface area contributed by atoms with Crippen molar-refractivity contribution in [3.8, 4) is 17.2 Å². The van der Waals surface area contributed by atoms with Gasteiger partial charge in [0.2, 0.25) is 6.79 Å². The van der Waals surface area contributed by atoms with Crippen molar-refractivity contribution < 1.29 is 19.0 Å². The minimum Gasteiger partial charge on any atom is -0.494 e. The summed E-state index contributed by atoms with van der Waals surface area (Å²) in [5.74, 6) is 2.50. The Morgan fingerprint density at radius 1 is 1.03 bits per heavy atom. The molecule has 3 heterocycles. The maximum atomic E-state index is 13.0. The monoisotopic (exact) mass is 438 g/mol. The van der Waals surface area contributed by atoms with Crippen LogP contribution in [0.15, 0.2) is 42.5 Å². The largest absolute Gasteiger partial charge is 0.494 e. The molecule has 2 unspecified atom stereocenters. The molecule has 2 atom stereocenters. The highest BCUT2D eigenvalue weighted by Gasteiger charge is 2.32. The predicted octanol–water partition coefficient (Wildman–Crippen LogP) is 2.53. The highest BCUT2D eigenvalue weighted by molar-refractivity contribution is 5.94. The van der Waals surface area contributed by atoms with Crippen molar-refractivity contribution in [2.45, 2.75) is 32.0 Å². The quantitative estimate of drug-likeness (QED) is 0.743. The normalized spacial score (nSPS) is 23.2. The molecule has 3 aliphatic rings. The van der Waals surface area contributed by atoms with Crippen molar-refractivity contribution in [2.24, 2.45) is 0 Å². The van der Waals surface area contributed by atoms with E-state index in [2.05, 4.69) is 27.9 Å². The smallest absolute Gasteiger partial charge is 0.253 e. The number of hydrogen-bond acceptors (Lipinski definition) is 7. The van der Waals surface area contributed by atoms with Gasteiger partial charge in [-0.15, -0.1) is 0 Å². The van der Waals surface area contributed by atoms with E-state index >= 15 is 0 Å². The van der Waals surface area contributed by atoms with Gasteiger partial charge >= 0.3 is 0 Å². The fraction of sp³-hybridized carbons (Fsp3) is 0.458. The summed E-state index contributed by atoms with van der Waals surface area (Å²) in [4.78, 5) is 17.4. The fourth-order valence-corrected chi connectivity index (χ4v) is 4.62. The van der Waals surface area contributed by atoms with E-state index < -0.39 is 0 Å². The summed E-state index contributed by atoms with van der Waals surface area (Å²) in [5, 5.41) is 0. The summed E-state index contributed by atoms with van der Waals surface area (Å²) >= 11 is 0. The van der Waals surface area contributed by atoms with E-state index in [9.17, 15) is 4.79 Å². The van der Waals surface area contributed by atoms with Crippen LogP contribution in [0.25, 0.3) is 0 Å². The lowest BCUT2D eigenvalue weighted by Crippen LogP contribution is -2.46. The summed E-state index contributed by atoms with van der Waals surface area (Å²) in [6.07, 6.45) is 2.13. The number of carbonyl (C=O) groups excluding carboxylic acids is 1. The van der Waals surface area contributed by atoms with Gasteiger partial charge in [0.15, 0.2) is 11.5 Å². The second-order valence-electron chi connectivity index (χ2n) is 8.34. The minimum absolute atomic E-state index is 0.0886. The van der Waals surface area contributed by atoms with Crippen molar-refractivity contribution in [2.75, 3.05) is 39.6 Å². The number of rotatable bonds is 5. The first-order valence-corrected chi connectivity index (χ1v) is 11.4. The Kier molecular flexibility index (Phi) is 6.16. The van der Waals surface area contributed by atoms with Crippen LogP contribution in [0, 0.1) is 0 Å². The number of nitrogens with zero attached hydrogens (tertiary/aromatic N) is 2. The van der Waals surface area contributed by atoms with Crippen molar-refractivity contribution in [1.82, 2.24) is 20.7 Å². The summed E-state index contributed by atoms with van der Waals surface area (Å²) in [6.45, 7) is 6.16. The minimum atomic E-state index is 0.0886. The molecule has 8 nitrogen and oxygen atoms in total. The van der Waals surface area contributed by atoms with Crippen molar-refractivity contribution in [1.29, 1.82) is 0 Å². The number of amides is 1. The molecule has 0 bridgehead atoms. The van der Waals surface area contributed by atoms with Crippen LogP contribution in [-0.4, -0.2) is 61.5 Å². The average Bonchev–Trinajstić information content (AvgIpc) is 3.43. The first kappa shape index (κ1) is 21.1. The lowest BCUT2D eigenvalue weighted by atomic mass is 10.0. The van der Waals surface area contributed by atoms with Crippen LogP contribution < -0.4 is 25.1 Å². The highest BCUT2D eigenvalue weighted by atomic mass is 16.7. The Labute approximate surface area is 188 Å². The fourth-order valence-electron chi connectivity index (χ4n) is 4.62. The van der Waals surface area contributed by atoms with Gasteiger partial charge < -0.3 is 19.1 Å². The molecule has 5 rings (SSSR count). The zero-order valence-corrected chi connectivity index (χ0v) is 18.4. The average molecular weight is 439 g/mol. The van der Waals surface area contributed by atoms with Crippen LogP contribution in [-0.2, 0) is 0 Å². The van der Waals surface area contributed by atoms with E-state index in [1.807, 2.05) is 42.2 Å². The van der Waals surface area contributed by atoms with E-state index in [0.29, 0.717) is 12.2 Å². The Bertz CT molecular complexity index is 952. The van der Waals surface area contributed by atoms with E-state index in [1.54, 1.807) is 0 Å². The zero-order valence-electron chi connectivity index (χ0n) is 18.4. The lowest BCUT2D eigenvalue weighted by Gasteiger charge is -2.27. The van der Waals surface area contributed by atoms with Crippen LogP contribution >= 0.6 is 0 Å². The number of benzene rings is 2. The molecule has 3 aliphatic heterocycles. The number of carbonyl (C=O) groups is 1. The Hall–Kier alpha value is -2.81. The molecule has 2 aromatic rings. The van der Waals surface area contributed by atoms with Gasteiger partial charge in [0.1, 0.15) is 5.75 Å². The van der Waals surface area contributed by atoms with Gasteiger partial charge in [-0.3, -0.25) is 9.69 Å². The van der Waals surface area contributed by atoms with E-state index in [0.717, 1.165) is 56.3 Å². The molecule has 2 saturated heterocycles. The molecule has 32 heavy (non-hydrogen) atoms. The molecular weight excluding hydrogens is 408 g/mol. The summed E-state index contributed by atoms with van der Waals surface area (Å²) in [5.41, 5.74) is 8.78. The molecule has 0 aromatic heterocycles. The summed E-state index contributed by atoms with van der Waals surface area (Å²) in [7, 11) is 0. The van der Waals surface area contributed by atoms with Gasteiger partial charge in [0, 0.05) is 37.8 Å². The summed E-state index contributed by atoms with van der Waals surface area (Å²) < 4.78 is 16.4. The molecule has 0 spiro atoms. The predicted molar refractivity (Wildman–Crippen MR) is 120 cm³/mol. The zero-order chi connectivity index (χ0) is 21.9. The Morgan fingerprint density at radius 2 is 1.88 bits per heavy atom. The second kappa shape index (κ2) is 9.36. The maximum absolute atomic E-state index is 13.0. The lowest BCUT2D eigenvalue weighted by molar-refractivity contribution is 0.0756. The van der Waals surface area contributed by atoms with Crippen LogP contribution in [0.3, 0.4) is 0 Å². The van der Waals surface area contributed by atoms with Gasteiger partial charge in [-0.2, -0.15) is 0 Å². The summed E-state index contributed by atoms with van der Waals surface area (Å²) in [6, 6.07) is 13.8. The van der Waals surface area contributed by atoms with E-state index in [4.69, 9.17) is 14.2 Å². The van der Waals surface area contributed by atoms with Crippen molar-refractivity contribution in [3.63, 3.8) is 0 Å². The van der Waals surface area contributed by atoms with Gasteiger partial charge in [0.05, 0.1) is 12.8 Å². The van der Waals surface area contributed by atoms with E-state index in [-0.39, 0.29) is 24.9 Å². The maximum Gasteiger partial charge on any atom is 0.253 e. The molecule has 2 aromatic carbocycles. The molecule has 0 aliphatic carbocycles. The number of ether oxygens (including phenoxy) is 3. The SMILES string of the molecule is CCOc1ccc(C(=O)N2CCCN(C3CC(c4ccc5c(c4)OCO5)NN3)CC2)cc1. The number of hydrogen-bond donors (Lipinski definition) is 2. The molecule has 0 radical (unpaired) electrons. The van der Waals surface area contributed by atoms with E-state index in [1.165, 1.54) is 5.56 Å². The van der Waals surface area contributed by atoms with Gasteiger partial charge in [0.25, 0.3) is 5.91 Å². The van der Waals surface area contributed by atoms with Gasteiger partial charge in [-0.05, 0) is 61.7 Å². The topological polar surface area (TPSA) is 75.3 Å². The molecule has 2 fully saturated rings. The third-order valence-corrected chi connectivity index (χ3v) is 6.35. The van der Waals surface area contributed by atoms with Crippen molar-refractivity contribution >= 4 is 5.91 Å². The van der Waals surface area contributed by atoms with Gasteiger partial charge in [-0.1, -0.05) is 6.07 Å². The number of fused-ring (bicyclic) bond motifs is 1. The van der Waals surface area contributed by atoms with Crippen LogP contribution in [0.4, 0.5) is 0 Å². The Balaban J connectivity index is 1.17. The third-order valence-electron chi connectivity index (χ3n) is 6.35. The standard InChI is InChI=1S/C24H30N4O4/c1-2-30-19-7-4-17(5-8-19)24(29)28-11-3-10-27(12-13-28)23-15-20(25-26-23)18-6-9-21-22(14-18)32-16-31-21/h4-9,14,20,23,25-26H,2-3,10-13,15-16H2,1H3. The molecule has 2 N–H and O–H groups in total. The number of nitrogens with one attached hydrogen (secondary N) is 2. The van der Waals surface area contributed by atoms with Crippen molar-refractivity contribution in [3.05, 3.63) is 53.6 Å². The highest BCUT2D eigenvalue weighted by Crippen LogP contribution is 2.36. The molecule has 170 valence electrons. The molecular formula is C24H30N4O4. The molecule has 0 saturated carbocycles. The third kappa shape index (κ3) is 4.39. The first-order valence-electron chi connectivity index (χ1n) is 11.4. The molecule has 8 heteroatoms. The van der Waals surface area contributed by atoms with Gasteiger partial charge in [-0.25, -0.2) is 10.9 Å². The van der Waals surface area contributed by atoms with Crippen LogP contribution in [0.5, 0.6) is 17.2 Å². The van der Waals surface area contributed by atoms with Crippen LogP contribution in [0.1, 0.15) is 41.7 Å². The molecule has 1 amide bonds. The first-order chi connectivity index (χ1) is 15.7.